The van der Waals surface area contributed by atoms with Crippen molar-refractivity contribution in [1.82, 2.24) is 41.2 Å². The van der Waals surface area contributed by atoms with Gasteiger partial charge in [0.15, 0.2) is 0 Å². The topological polar surface area (TPSA) is 222 Å². The van der Waals surface area contributed by atoms with Crippen molar-refractivity contribution in [2.24, 2.45) is 20.0 Å². The van der Waals surface area contributed by atoms with Gasteiger partial charge in [-0.2, -0.15) is 22.8 Å². The Hall–Kier alpha value is -12.4. The zero-order chi connectivity index (χ0) is 89.4. The summed E-state index contributed by atoms with van der Waals surface area (Å²) in [7, 11) is 0. The van der Waals surface area contributed by atoms with Gasteiger partial charge in [-0.1, -0.05) is 266 Å². The second-order valence-electron chi connectivity index (χ2n) is 34.6. The predicted molar refractivity (Wildman–Crippen MR) is 518 cm³/mol. The Morgan fingerprint density at radius 3 is 0.758 bits per heavy atom. The molecule has 0 saturated heterocycles. The molecule has 8 aromatic carbocycles. The second kappa shape index (κ2) is 39.5. The van der Waals surface area contributed by atoms with Crippen LogP contribution in [0.5, 0.6) is 0 Å². The monoisotopic (exact) mass is 1790 g/mol. The normalized spacial score (nSPS) is 16.2. The van der Waals surface area contributed by atoms with Crippen molar-refractivity contribution in [3.63, 3.8) is 0 Å². The minimum Gasteiger partial charge on any atom is -0.661 e. The smallest absolute Gasteiger partial charge is 0.661 e. The van der Waals surface area contributed by atoms with Gasteiger partial charge < -0.3 is 41.2 Å². The van der Waals surface area contributed by atoms with Crippen molar-refractivity contribution in [3.05, 3.63) is 350 Å². The number of hydrogen-bond acceptors (Lipinski definition) is 8. The Morgan fingerprint density at radius 2 is 0.492 bits per heavy atom. The van der Waals surface area contributed by atoms with Crippen molar-refractivity contribution in [3.8, 4) is 0 Å². The van der Waals surface area contributed by atoms with Crippen LogP contribution in [-0.4, -0.2) is 46.5 Å². The molecule has 4 aliphatic heterocycles. The Morgan fingerprint density at radius 1 is 0.281 bits per heavy atom. The molecule has 4 amide bonds. The van der Waals surface area contributed by atoms with E-state index in [1.165, 1.54) is 22.3 Å². The minimum atomic E-state index is -0.135. The summed E-state index contributed by atoms with van der Waals surface area (Å²) < 4.78 is 0. The molecule has 4 aliphatic rings. The largest absolute Gasteiger partial charge is 2.00 e. The number of carbonyl (C=O) groups excluding carboxylic acids is 4. The molecular weight excluding hydrogens is 1680 g/mol. The third-order valence-electron chi connectivity index (χ3n) is 26.3. The maximum absolute atomic E-state index is 13.4. The summed E-state index contributed by atoms with van der Waals surface area (Å²) in [6.07, 6.45) is 10.7. The fraction of sp³-hybridized carbons (Fsp3) is 0.273. The third kappa shape index (κ3) is 19.5. The molecule has 128 heavy (non-hydrogen) atoms. The quantitative estimate of drug-likeness (QED) is 0.0425. The summed E-state index contributed by atoms with van der Waals surface area (Å²) in [5, 5.41) is 22.1. The average molecular weight is 1800 g/mol. The average Bonchev–Trinajstić information content (AvgIpc) is 1.63. The Balaban J connectivity index is 0.000000215. The van der Waals surface area contributed by atoms with Crippen molar-refractivity contribution < 1.29 is 58.1 Å². The van der Waals surface area contributed by atoms with Gasteiger partial charge in [-0.05, 0) is 234 Å². The summed E-state index contributed by atoms with van der Waals surface area (Å²) in [6, 6.07) is 57.4. The van der Waals surface area contributed by atoms with Crippen LogP contribution in [0.2, 0.25) is 0 Å². The van der Waals surface area contributed by atoms with Gasteiger partial charge in [0.05, 0.1) is 72.6 Å². The first-order valence-electron chi connectivity index (χ1n) is 43.9. The number of aryl methyl sites for hydroxylation is 4. The fourth-order valence-corrected chi connectivity index (χ4v) is 18.8. The zero-order valence-corrected chi connectivity index (χ0v) is 83.6. The first kappa shape index (κ1) is 93.3. The number of benzene rings is 8. The van der Waals surface area contributed by atoms with E-state index in [2.05, 4.69) is 198 Å². The number of nitrogens with one attached hydrogen (secondary N) is 4. The van der Waals surface area contributed by atoms with Crippen LogP contribution in [0.4, 0.5) is 0 Å². The van der Waals surface area contributed by atoms with E-state index in [-0.39, 0.29) is 112 Å². The summed E-state index contributed by atoms with van der Waals surface area (Å²) in [5.74, 6) is -0.120. The zero-order valence-electron chi connectivity index (χ0n) is 77.7. The van der Waals surface area contributed by atoms with Crippen LogP contribution in [0, 0.1) is 55.4 Å². The molecule has 16 rings (SSSR count). The van der Waals surface area contributed by atoms with Gasteiger partial charge in [-0.25, -0.2) is 0 Å². The molecule has 16 nitrogen and oxygen atoms in total. The molecule has 4 aromatic heterocycles. The SMILES string of the molecule is CC1=N/C(=C\c2[n-]c(C)c(CC3=C(C)/C(=C/c4[n-]c(C)c(CC(=O)N[C@H](C)c5cccc6ccccc56)c4C)N=C3C)c2C)C(C)=C1CC(=O)N[C@H](C)c1cccc2ccccc12.CC1=N/C(=C\c2[n-]c(C)c(CC3=C(C)/C(=C/c4[n-]c(C)c(CC(=O)N[C@H](C)c5cccc6ccccc56)c4C)N=C3C)c2C)C(C)=C1CC(=O)N[C@H](C)c1cccc2ccccc12.[Zn+2].[Zn+2]. The van der Waals surface area contributed by atoms with Crippen LogP contribution in [0.15, 0.2) is 257 Å². The van der Waals surface area contributed by atoms with Crippen LogP contribution < -0.4 is 41.2 Å². The number of nitrogens with zero attached hydrogens (tertiary/aromatic N) is 8. The van der Waals surface area contributed by atoms with Gasteiger partial charge in [-0.15, -0.1) is 22.8 Å². The molecule has 8 heterocycles. The molecule has 0 radical (unpaired) electrons. The number of hydrogen-bond donors (Lipinski definition) is 4. The van der Waals surface area contributed by atoms with E-state index in [1.54, 1.807) is 0 Å². The van der Waals surface area contributed by atoms with Gasteiger partial charge in [0, 0.05) is 22.8 Å². The maximum Gasteiger partial charge on any atom is 2.00 e. The number of carbonyl (C=O) groups is 4. The first-order valence-corrected chi connectivity index (χ1v) is 43.9. The van der Waals surface area contributed by atoms with Crippen molar-refractivity contribution in [2.45, 2.75) is 201 Å². The van der Waals surface area contributed by atoms with E-state index in [4.69, 9.17) is 39.9 Å². The molecule has 0 spiro atoms. The van der Waals surface area contributed by atoms with Gasteiger partial charge in [-0.3, -0.25) is 39.1 Å². The molecule has 18 heteroatoms. The van der Waals surface area contributed by atoms with Crippen molar-refractivity contribution in [2.75, 3.05) is 0 Å². The van der Waals surface area contributed by atoms with Gasteiger partial charge in [0.2, 0.25) is 23.6 Å². The molecule has 0 unspecified atom stereocenters. The van der Waals surface area contributed by atoms with E-state index >= 15 is 0 Å². The van der Waals surface area contributed by atoms with Gasteiger partial charge >= 0.3 is 39.0 Å². The number of amides is 4. The number of rotatable bonds is 24. The van der Waals surface area contributed by atoms with E-state index in [0.29, 0.717) is 12.8 Å². The minimum absolute atomic E-state index is 0. The fourth-order valence-electron chi connectivity index (χ4n) is 18.8. The van der Waals surface area contributed by atoms with Crippen LogP contribution in [0.1, 0.15) is 232 Å². The number of allylic oxidation sites excluding steroid dienone is 6. The van der Waals surface area contributed by atoms with E-state index in [9.17, 15) is 19.2 Å². The van der Waals surface area contributed by atoms with E-state index < -0.39 is 0 Å². The number of fused-ring (bicyclic) bond motifs is 4. The number of aliphatic imine (C=N–C) groups is 4. The van der Waals surface area contributed by atoms with Crippen LogP contribution in [-0.2, 0) is 83.8 Å². The van der Waals surface area contributed by atoms with E-state index in [0.717, 1.165) is 223 Å². The summed E-state index contributed by atoms with van der Waals surface area (Å²) in [6.45, 7) is 41.0. The molecule has 4 atom stereocenters. The van der Waals surface area contributed by atoms with Crippen molar-refractivity contribution >= 4 is 114 Å². The predicted octanol–water partition coefficient (Wildman–Crippen LogP) is 22.7. The Labute approximate surface area is 778 Å². The number of aromatic nitrogens is 4. The van der Waals surface area contributed by atoms with Crippen LogP contribution in [0.25, 0.3) is 67.4 Å². The molecule has 0 fully saturated rings. The molecule has 4 N–H and O–H groups in total. The van der Waals surface area contributed by atoms with E-state index in [1.807, 2.05) is 156 Å². The molecule has 0 saturated carbocycles. The molecule has 0 bridgehead atoms. The first-order chi connectivity index (χ1) is 60.4. The van der Waals surface area contributed by atoms with Crippen LogP contribution in [0.3, 0.4) is 0 Å². The summed E-state index contributed by atoms with van der Waals surface area (Å²) >= 11 is 0. The second-order valence-corrected chi connectivity index (χ2v) is 34.6. The van der Waals surface area contributed by atoms with Crippen molar-refractivity contribution in [1.29, 1.82) is 0 Å². The standard InChI is InChI=1S/2C55H58N6O2.2Zn/c2*1-30-46(36(7)56-50(30)28-52-32(3)48(38(9)58-52)26-54(62)60-34(5)42-23-15-19-40-17-11-13-21-44(40)42)25-47-31(2)51(57-37(47)8)29-53-33(4)49(39(10)59-53)27-55(63)61-35(6)43-24-16-20-41-18-12-14-22-45(41)43;;/h2*11-24,28-29,34-35H,25-27H2,1-10H3,(H4,56,57,58,59,60,61,62,63);;/q;;2*+2/p-4/t2*34-,35-;;/m11../s1. The third-order valence-corrected chi connectivity index (χ3v) is 26.3. The summed E-state index contributed by atoms with van der Waals surface area (Å²) in [5.41, 5.74) is 35.7. The molecule has 0 aliphatic carbocycles. The Kier molecular flexibility index (Phi) is 28.8. The molecule has 640 valence electrons. The maximum atomic E-state index is 13.4. The molecule has 12 aromatic rings. The van der Waals surface area contributed by atoms with Gasteiger partial charge in [0.1, 0.15) is 0 Å². The van der Waals surface area contributed by atoms with Gasteiger partial charge in [0.25, 0.3) is 0 Å². The van der Waals surface area contributed by atoms with Crippen LogP contribution >= 0.6 is 0 Å². The summed E-state index contributed by atoms with van der Waals surface area (Å²) in [4.78, 5) is 93.5. The molecular formula is C110H112N12O4Zn2. The Bertz CT molecular complexity index is 6470.